The van der Waals surface area contributed by atoms with Gasteiger partial charge in [0.15, 0.2) is 5.75 Å². The molecule has 2 amide bonds. The Labute approximate surface area is 150 Å². The fourth-order valence-corrected chi connectivity index (χ4v) is 4.07. The van der Waals surface area contributed by atoms with Crippen molar-refractivity contribution < 1.29 is 24.4 Å². The minimum Gasteiger partial charge on any atom is -0.490 e. The second kappa shape index (κ2) is 6.81. The second-order valence-corrected chi connectivity index (χ2v) is 6.85. The molecule has 1 aromatic carbocycles. The van der Waals surface area contributed by atoms with Gasteiger partial charge in [-0.3, -0.25) is 14.9 Å². The third kappa shape index (κ3) is 3.04. The fraction of sp³-hybridized carbons (Fsp3) is 0.529. The lowest BCUT2D eigenvalue weighted by atomic mass is 9.81. The molecule has 9 nitrogen and oxygen atoms in total. The number of urea groups is 1. The smallest absolute Gasteiger partial charge is 0.317 e. The normalized spacial score (nSPS) is 24.2. The number of fused-ring (bicyclic) bond motifs is 1. The highest BCUT2D eigenvalue weighted by Crippen LogP contribution is 2.48. The number of carboxylic acids is 1. The molecule has 1 saturated carbocycles. The van der Waals surface area contributed by atoms with Gasteiger partial charge in [-0.1, -0.05) is 12.5 Å². The number of amides is 2. The number of ether oxygens (including phenoxy) is 1. The molecule has 1 saturated heterocycles. The van der Waals surface area contributed by atoms with E-state index in [0.29, 0.717) is 18.5 Å². The molecule has 2 aliphatic rings. The van der Waals surface area contributed by atoms with E-state index < -0.39 is 16.3 Å². The summed E-state index contributed by atoms with van der Waals surface area (Å²) in [5.74, 6) is -0.685. The minimum absolute atomic E-state index is 0.00664. The molecule has 2 fully saturated rings. The van der Waals surface area contributed by atoms with Gasteiger partial charge in [0.2, 0.25) is 0 Å². The molecule has 1 heterocycles. The Morgan fingerprint density at radius 3 is 2.88 bits per heavy atom. The number of carboxylic acid groups (broad SMARTS) is 1. The number of rotatable bonds is 5. The van der Waals surface area contributed by atoms with E-state index >= 15 is 0 Å². The third-order valence-corrected chi connectivity index (χ3v) is 5.47. The van der Waals surface area contributed by atoms with Gasteiger partial charge in [-0.15, -0.1) is 0 Å². The first-order chi connectivity index (χ1) is 12.4. The van der Waals surface area contributed by atoms with Gasteiger partial charge in [0, 0.05) is 25.7 Å². The SMILES string of the molecule is COc1ccc(CNC(=O)N2C[C@@H]3CCC[C@@]3(C(=O)O)C2)cc1[N+](=O)[O-]. The zero-order chi connectivity index (χ0) is 18.9. The molecule has 9 heteroatoms. The van der Waals surface area contributed by atoms with Crippen LogP contribution in [0.1, 0.15) is 24.8 Å². The van der Waals surface area contributed by atoms with Crippen molar-refractivity contribution in [1.29, 1.82) is 0 Å². The maximum Gasteiger partial charge on any atom is 0.317 e. The summed E-state index contributed by atoms with van der Waals surface area (Å²) in [6, 6.07) is 4.14. The van der Waals surface area contributed by atoms with Crippen LogP contribution in [0.25, 0.3) is 0 Å². The maximum absolute atomic E-state index is 12.4. The highest BCUT2D eigenvalue weighted by molar-refractivity contribution is 5.80. The van der Waals surface area contributed by atoms with E-state index in [-0.39, 0.29) is 36.5 Å². The van der Waals surface area contributed by atoms with Gasteiger partial charge in [0.25, 0.3) is 0 Å². The summed E-state index contributed by atoms with van der Waals surface area (Å²) >= 11 is 0. The Hall–Kier alpha value is -2.84. The van der Waals surface area contributed by atoms with Crippen molar-refractivity contribution in [2.75, 3.05) is 20.2 Å². The fourth-order valence-electron chi connectivity index (χ4n) is 4.07. The summed E-state index contributed by atoms with van der Waals surface area (Å²) in [6.45, 7) is 0.757. The number of aliphatic carboxylic acids is 1. The summed E-state index contributed by atoms with van der Waals surface area (Å²) in [7, 11) is 1.35. The number of nitro benzene ring substituents is 1. The van der Waals surface area contributed by atoms with Crippen LogP contribution in [0.3, 0.4) is 0 Å². The number of nitrogens with one attached hydrogen (secondary N) is 1. The Kier molecular flexibility index (Phi) is 4.71. The van der Waals surface area contributed by atoms with Crippen LogP contribution in [0.4, 0.5) is 10.5 Å². The maximum atomic E-state index is 12.4. The van der Waals surface area contributed by atoms with Gasteiger partial charge in [0.05, 0.1) is 17.4 Å². The van der Waals surface area contributed by atoms with E-state index in [1.165, 1.54) is 24.1 Å². The molecular weight excluding hydrogens is 342 g/mol. The van der Waals surface area contributed by atoms with Crippen LogP contribution in [0.15, 0.2) is 18.2 Å². The minimum atomic E-state index is -0.832. The number of carbonyl (C=O) groups excluding carboxylic acids is 1. The van der Waals surface area contributed by atoms with Crippen molar-refractivity contribution in [1.82, 2.24) is 10.2 Å². The predicted octanol–water partition coefficient (Wildman–Crippen LogP) is 2.00. The number of carbonyl (C=O) groups is 2. The number of nitro groups is 1. The van der Waals surface area contributed by atoms with Gasteiger partial charge in [-0.2, -0.15) is 0 Å². The summed E-state index contributed by atoms with van der Waals surface area (Å²) in [6.07, 6.45) is 2.30. The number of nitrogens with zero attached hydrogens (tertiary/aromatic N) is 2. The Balaban J connectivity index is 1.64. The van der Waals surface area contributed by atoms with Gasteiger partial charge in [-0.25, -0.2) is 4.79 Å². The van der Waals surface area contributed by atoms with E-state index in [9.17, 15) is 24.8 Å². The molecule has 26 heavy (non-hydrogen) atoms. The Morgan fingerprint density at radius 2 is 2.27 bits per heavy atom. The van der Waals surface area contributed by atoms with E-state index in [4.69, 9.17) is 4.74 Å². The predicted molar refractivity (Wildman–Crippen MR) is 90.9 cm³/mol. The zero-order valence-electron chi connectivity index (χ0n) is 14.4. The van der Waals surface area contributed by atoms with Crippen LogP contribution in [0.2, 0.25) is 0 Å². The summed E-state index contributed by atoms with van der Waals surface area (Å²) in [4.78, 5) is 36.2. The number of benzene rings is 1. The molecule has 1 aliphatic heterocycles. The average molecular weight is 363 g/mol. The molecule has 0 radical (unpaired) electrons. The highest BCUT2D eigenvalue weighted by atomic mass is 16.6. The van der Waals surface area contributed by atoms with E-state index in [1.54, 1.807) is 6.07 Å². The number of methoxy groups -OCH3 is 1. The summed E-state index contributed by atoms with van der Waals surface area (Å²) in [5, 5.41) is 23.4. The monoisotopic (exact) mass is 363 g/mol. The molecule has 0 unspecified atom stereocenters. The Bertz CT molecular complexity index is 752. The van der Waals surface area contributed by atoms with Crippen LogP contribution in [-0.4, -0.2) is 47.1 Å². The lowest BCUT2D eigenvalue weighted by molar-refractivity contribution is -0.385. The number of likely N-dealkylation sites (tertiary alicyclic amines) is 1. The first kappa shape index (κ1) is 18.0. The van der Waals surface area contributed by atoms with Gasteiger partial charge >= 0.3 is 17.7 Å². The standard InChI is InChI=1S/C17H21N3O6/c1-26-14-5-4-11(7-13(14)20(24)25)8-18-16(23)19-9-12-3-2-6-17(12,10-19)15(21)22/h4-5,7,12H,2-3,6,8-10H2,1H3,(H,18,23)(H,21,22)/t12-,17+/m0/s1. The van der Waals surface area contributed by atoms with Crippen LogP contribution in [0.5, 0.6) is 5.75 Å². The van der Waals surface area contributed by atoms with Crippen molar-refractivity contribution in [3.63, 3.8) is 0 Å². The lowest BCUT2D eigenvalue weighted by Gasteiger charge is -2.23. The number of hydrogen-bond donors (Lipinski definition) is 2. The Morgan fingerprint density at radius 1 is 1.50 bits per heavy atom. The van der Waals surface area contributed by atoms with Crippen molar-refractivity contribution in [2.45, 2.75) is 25.8 Å². The van der Waals surface area contributed by atoms with Gasteiger partial charge in [0.1, 0.15) is 0 Å². The largest absolute Gasteiger partial charge is 0.490 e. The topological polar surface area (TPSA) is 122 Å². The third-order valence-electron chi connectivity index (χ3n) is 5.47. The molecule has 2 N–H and O–H groups in total. The molecule has 0 aromatic heterocycles. The average Bonchev–Trinajstić information content (AvgIpc) is 3.17. The first-order valence-electron chi connectivity index (χ1n) is 8.45. The van der Waals surface area contributed by atoms with E-state index in [2.05, 4.69) is 5.32 Å². The lowest BCUT2D eigenvalue weighted by Crippen LogP contribution is -2.41. The van der Waals surface area contributed by atoms with Crippen LogP contribution < -0.4 is 10.1 Å². The second-order valence-electron chi connectivity index (χ2n) is 6.85. The molecule has 3 rings (SSSR count). The molecule has 0 spiro atoms. The molecule has 140 valence electrons. The van der Waals surface area contributed by atoms with Crippen LogP contribution in [-0.2, 0) is 11.3 Å². The molecular formula is C17H21N3O6. The van der Waals surface area contributed by atoms with Crippen LogP contribution >= 0.6 is 0 Å². The summed E-state index contributed by atoms with van der Waals surface area (Å²) in [5.41, 5.74) is -0.422. The van der Waals surface area contributed by atoms with E-state index in [1.807, 2.05) is 0 Å². The molecule has 2 atom stereocenters. The van der Waals surface area contributed by atoms with Crippen molar-refractivity contribution >= 4 is 17.7 Å². The van der Waals surface area contributed by atoms with E-state index in [0.717, 1.165) is 12.8 Å². The molecule has 1 aromatic rings. The summed E-state index contributed by atoms with van der Waals surface area (Å²) < 4.78 is 4.95. The number of hydrogen-bond acceptors (Lipinski definition) is 5. The highest BCUT2D eigenvalue weighted by Gasteiger charge is 2.55. The van der Waals surface area contributed by atoms with Crippen LogP contribution in [0, 0.1) is 21.4 Å². The van der Waals surface area contributed by atoms with Crippen molar-refractivity contribution in [3.8, 4) is 5.75 Å². The first-order valence-corrected chi connectivity index (χ1v) is 8.45. The van der Waals surface area contributed by atoms with Crippen molar-refractivity contribution in [3.05, 3.63) is 33.9 Å². The van der Waals surface area contributed by atoms with Gasteiger partial charge in [-0.05, 0) is 30.4 Å². The van der Waals surface area contributed by atoms with Gasteiger partial charge < -0.3 is 20.1 Å². The molecule has 0 bridgehead atoms. The zero-order valence-corrected chi connectivity index (χ0v) is 14.4. The molecule has 1 aliphatic carbocycles. The van der Waals surface area contributed by atoms with Crippen molar-refractivity contribution in [2.24, 2.45) is 11.3 Å². The quantitative estimate of drug-likeness (QED) is 0.609.